The summed E-state index contributed by atoms with van der Waals surface area (Å²) >= 11 is 0. The lowest BCUT2D eigenvalue weighted by atomic mass is 10.1. The van der Waals surface area contributed by atoms with Crippen molar-refractivity contribution in [1.82, 2.24) is 5.73 Å². The fourth-order valence-corrected chi connectivity index (χ4v) is 8.13. The zero-order valence-electron chi connectivity index (χ0n) is 30.6. The zero-order valence-corrected chi connectivity index (χ0v) is 33.8. The van der Waals surface area contributed by atoms with Crippen molar-refractivity contribution in [1.29, 1.82) is 0 Å². The first-order valence-corrected chi connectivity index (χ1v) is 22.3. The summed E-state index contributed by atoms with van der Waals surface area (Å²) in [5.41, 5.74) is 16.0. The first kappa shape index (κ1) is 44.4. The number of phenols is 2. The third-order valence-electron chi connectivity index (χ3n) is 8.34. The Morgan fingerprint density at radius 1 is 0.516 bits per heavy atom. The number of nitrogen functional groups attached to an aromatic ring is 2. The van der Waals surface area contributed by atoms with Gasteiger partial charge in [0.15, 0.2) is 11.5 Å². The van der Waals surface area contributed by atoms with Crippen molar-refractivity contribution in [3.05, 3.63) is 91.0 Å². The Labute approximate surface area is 349 Å². The normalized spacial score (nSPS) is 12.8. The van der Waals surface area contributed by atoms with E-state index in [4.69, 9.17) is 17.2 Å². The van der Waals surface area contributed by atoms with Gasteiger partial charge in [-0.15, -0.1) is 20.5 Å². The summed E-state index contributed by atoms with van der Waals surface area (Å²) in [7, 11) is -20.7. The minimum Gasteiger partial charge on any atom is -0.505 e. The van der Waals surface area contributed by atoms with Crippen molar-refractivity contribution < 1.29 is 62.1 Å². The molecule has 12 N–H and O–H groups in total. The van der Waals surface area contributed by atoms with Crippen LogP contribution in [-0.4, -0.2) is 62.1 Å². The molecule has 0 saturated heterocycles. The van der Waals surface area contributed by atoms with E-state index in [1.807, 2.05) is 0 Å². The number of nitrogens with two attached hydrogens (primary N) is 2. The summed E-state index contributed by atoms with van der Waals surface area (Å²) in [6.07, 6.45) is 0. The Kier molecular flexibility index (Phi) is 11.7. The van der Waals surface area contributed by atoms with E-state index in [0.29, 0.717) is 17.8 Å². The number of para-hydroxylation sites is 1. The van der Waals surface area contributed by atoms with E-state index in [1.165, 1.54) is 36.4 Å². The molecule has 28 heteroatoms. The molecule has 0 aliphatic heterocycles. The van der Waals surface area contributed by atoms with Crippen molar-refractivity contribution in [2.24, 2.45) is 30.7 Å². The monoisotopic (exact) mass is 927 g/mol. The second-order valence-corrected chi connectivity index (χ2v) is 18.1. The number of nitrogens with zero attached hydrogens (tertiary/aromatic N) is 6. The maximum absolute atomic E-state index is 12.5. The number of azo groups is 3. The van der Waals surface area contributed by atoms with Gasteiger partial charge in [-0.2, -0.15) is 43.9 Å². The molecular weight excluding hydrogens is 901 g/mol. The van der Waals surface area contributed by atoms with Crippen molar-refractivity contribution in [3.8, 4) is 11.5 Å². The van der Waals surface area contributed by atoms with Crippen LogP contribution < -0.4 is 22.5 Å². The zero-order chi connectivity index (χ0) is 45.5. The van der Waals surface area contributed by atoms with Gasteiger partial charge in [0.2, 0.25) is 0 Å². The minimum absolute atomic E-state index is 0.0933. The summed E-state index contributed by atoms with van der Waals surface area (Å²) in [4.78, 5) is -4.01. The molecule has 0 saturated carbocycles. The molecule has 0 heterocycles. The molecule has 0 aromatic heterocycles. The molecule has 0 amide bonds. The van der Waals surface area contributed by atoms with Gasteiger partial charge in [-0.05, 0) is 90.3 Å². The van der Waals surface area contributed by atoms with E-state index in [0.717, 1.165) is 36.4 Å². The summed E-state index contributed by atoms with van der Waals surface area (Å²) in [5, 5.41) is 45.5. The van der Waals surface area contributed by atoms with E-state index >= 15 is 0 Å². The van der Waals surface area contributed by atoms with Gasteiger partial charge in [0.05, 0.1) is 39.5 Å². The number of benzene rings is 6. The second kappa shape index (κ2) is 16.4. The number of nitrogens with one attached hydrogen (secondary N) is 2. The maximum Gasteiger partial charge on any atom is 0.296 e. The Balaban J connectivity index is 1.41. The van der Waals surface area contributed by atoms with Gasteiger partial charge < -0.3 is 32.7 Å². The lowest BCUT2D eigenvalue weighted by Crippen LogP contribution is -2.04. The van der Waals surface area contributed by atoms with Gasteiger partial charge >= 0.3 is 0 Å². The van der Waals surface area contributed by atoms with Gasteiger partial charge in [-0.1, -0.05) is 6.07 Å². The number of rotatable bonds is 12. The molecule has 0 atom stereocenters. The molecule has 6 rings (SSSR count). The van der Waals surface area contributed by atoms with Crippen LogP contribution in [0.3, 0.4) is 0 Å². The molecule has 24 nitrogen and oxygen atoms in total. The molecule has 6 aromatic carbocycles. The highest BCUT2D eigenvalue weighted by molar-refractivity contribution is 7.86. The molecule has 0 aliphatic carbocycles. The maximum atomic E-state index is 12.5. The molecule has 321 valence electrons. The average molecular weight is 928 g/mol. The summed E-state index contributed by atoms with van der Waals surface area (Å²) < 4.78 is 138. The van der Waals surface area contributed by atoms with Crippen LogP contribution in [0.5, 0.6) is 11.5 Å². The van der Waals surface area contributed by atoms with Gasteiger partial charge in [0, 0.05) is 5.69 Å². The largest absolute Gasteiger partial charge is 0.505 e. The Morgan fingerprint density at radius 3 is 1.68 bits per heavy atom. The minimum atomic E-state index is -5.38. The van der Waals surface area contributed by atoms with Crippen LogP contribution in [0.15, 0.2) is 141 Å². The van der Waals surface area contributed by atoms with Gasteiger partial charge in [-0.3, -0.25) is 18.2 Å². The van der Waals surface area contributed by atoms with Crippen LogP contribution in [0.25, 0.3) is 10.8 Å². The molecule has 0 spiro atoms. The van der Waals surface area contributed by atoms with E-state index in [9.17, 15) is 62.1 Å². The van der Waals surface area contributed by atoms with Crippen LogP contribution >= 0.6 is 0 Å². The smallest absolute Gasteiger partial charge is 0.296 e. The van der Waals surface area contributed by atoms with Crippen molar-refractivity contribution in [2.75, 3.05) is 16.8 Å². The van der Waals surface area contributed by atoms with Crippen LogP contribution in [0, 0.1) is 0 Å². The Bertz CT molecular complexity index is 3380. The Morgan fingerprint density at radius 2 is 1.06 bits per heavy atom. The molecule has 0 aliphatic rings. The number of anilines is 4. The first-order valence-electron chi connectivity index (χ1n) is 16.5. The molecule has 0 fully saturated rings. The number of phenolic OH excluding ortho intramolecular Hbond substituents is 2. The van der Waals surface area contributed by atoms with E-state index in [-0.39, 0.29) is 39.9 Å². The SMILES string of the molecule is [NH]c1ccc(S(=O)(=O)O)c(N=Nc2c(S(=O)(=O)O)cc3cc(S(=O)(=O)O)c(N=Nc4ccc(Nc5ccc(N=Nc6cccc(N)c6O)cc5)c(S(=O)(=O)O)c4)c(N)c3c2O)c1. The van der Waals surface area contributed by atoms with Crippen LogP contribution in [-0.2, 0) is 40.5 Å². The quantitative estimate of drug-likeness (QED) is 0.0251. The molecule has 62 heavy (non-hydrogen) atoms. The van der Waals surface area contributed by atoms with Gasteiger partial charge in [0.25, 0.3) is 40.5 Å². The Hall–Kier alpha value is -7.18. The highest BCUT2D eigenvalue weighted by atomic mass is 32.2. The van der Waals surface area contributed by atoms with E-state index < -0.39 is 99.3 Å². The fourth-order valence-electron chi connectivity index (χ4n) is 5.53. The van der Waals surface area contributed by atoms with Crippen molar-refractivity contribution >= 4 is 114 Å². The van der Waals surface area contributed by atoms with E-state index in [2.05, 4.69) is 36.0 Å². The van der Waals surface area contributed by atoms with Crippen LogP contribution in [0.4, 0.5) is 62.6 Å². The lowest BCUT2D eigenvalue weighted by Gasteiger charge is -2.14. The molecule has 0 unspecified atom stereocenters. The molecular formula is C34H27N10O14S4. The van der Waals surface area contributed by atoms with Crippen LogP contribution in [0.2, 0.25) is 0 Å². The van der Waals surface area contributed by atoms with Gasteiger partial charge in [0.1, 0.15) is 42.3 Å². The average Bonchev–Trinajstić information content (AvgIpc) is 3.16. The van der Waals surface area contributed by atoms with Crippen molar-refractivity contribution in [2.45, 2.75) is 19.6 Å². The topological polar surface area (TPSA) is 420 Å². The fraction of sp³-hybridized carbons (Fsp3) is 0. The predicted molar refractivity (Wildman–Crippen MR) is 220 cm³/mol. The third kappa shape index (κ3) is 9.56. The lowest BCUT2D eigenvalue weighted by molar-refractivity contribution is 0.472. The highest BCUT2D eigenvalue weighted by Crippen LogP contribution is 2.49. The molecule has 6 aromatic rings. The highest BCUT2D eigenvalue weighted by Gasteiger charge is 2.28. The molecule has 1 radical (unpaired) electrons. The van der Waals surface area contributed by atoms with Gasteiger partial charge in [-0.25, -0.2) is 0 Å². The van der Waals surface area contributed by atoms with E-state index in [1.54, 1.807) is 6.07 Å². The summed E-state index contributed by atoms with van der Waals surface area (Å²) in [5.74, 6) is -1.50. The summed E-state index contributed by atoms with van der Waals surface area (Å²) in [6.45, 7) is 0. The number of hydrogen-bond donors (Lipinski definition) is 9. The number of hydrogen-bond acceptors (Lipinski definition) is 19. The number of fused-ring (bicyclic) bond motifs is 1. The standard InChI is InChI=1S/C34H27N10O14S4/c35-17-4-11-25(59(47,48)49)24(14-17)42-44-32-28(62(56,57)58)13-16-12-27(61(53,54)55)31(30(37)29(16)34(32)46)43-40-20-9-10-22(26(15-20)60(50,51)52)38-18-5-7-19(8-6-18)39-41-23-3-1-2-21(36)33(23)45/h1-15,35,38,45-46H,36-37H2,(H,47,48,49)(H,50,51,52)(H,53,54,55)(H,56,57,58). The first-order chi connectivity index (χ1) is 28.8. The molecule has 0 bridgehead atoms. The predicted octanol–water partition coefficient (Wildman–Crippen LogP) is 7.31. The number of aromatic hydroxyl groups is 2. The third-order valence-corrected chi connectivity index (χ3v) is 11.9. The van der Waals surface area contributed by atoms with Crippen molar-refractivity contribution in [3.63, 3.8) is 0 Å². The second-order valence-electron chi connectivity index (χ2n) is 12.6. The van der Waals surface area contributed by atoms with Crippen LogP contribution in [0.1, 0.15) is 0 Å². The summed E-state index contributed by atoms with van der Waals surface area (Å²) in [6, 6.07) is 17.2.